The van der Waals surface area contributed by atoms with Crippen LogP contribution in [0.25, 0.3) is 0 Å². The minimum atomic E-state index is -0.256. The summed E-state index contributed by atoms with van der Waals surface area (Å²) in [5.41, 5.74) is 5.70. The second kappa shape index (κ2) is 8.43. The van der Waals surface area contributed by atoms with Crippen LogP contribution < -0.4 is 15.8 Å². The summed E-state index contributed by atoms with van der Waals surface area (Å²) in [4.78, 5) is 11.8. The van der Waals surface area contributed by atoms with Crippen LogP contribution in [0.15, 0.2) is 12.1 Å². The zero-order valence-corrected chi connectivity index (χ0v) is 12.2. The number of rotatable bonds is 5. The van der Waals surface area contributed by atoms with Gasteiger partial charge in [0.05, 0.1) is 22.7 Å². The van der Waals surface area contributed by atoms with Crippen LogP contribution in [0.5, 0.6) is 5.75 Å². The van der Waals surface area contributed by atoms with Crippen LogP contribution in [-0.2, 0) is 0 Å². The van der Waals surface area contributed by atoms with Gasteiger partial charge in [-0.2, -0.15) is 0 Å². The minimum Gasteiger partial charge on any atom is -0.496 e. The highest BCUT2D eigenvalue weighted by Crippen LogP contribution is 2.30. The zero-order valence-electron chi connectivity index (χ0n) is 9.83. The van der Waals surface area contributed by atoms with Crippen LogP contribution in [0.1, 0.15) is 16.8 Å². The van der Waals surface area contributed by atoms with Crippen molar-refractivity contribution in [3.63, 3.8) is 0 Å². The van der Waals surface area contributed by atoms with Gasteiger partial charge in [0.25, 0.3) is 5.91 Å². The van der Waals surface area contributed by atoms with E-state index in [1.807, 2.05) is 0 Å². The van der Waals surface area contributed by atoms with Crippen molar-refractivity contribution >= 4 is 41.5 Å². The molecule has 1 aromatic carbocycles. The van der Waals surface area contributed by atoms with Gasteiger partial charge in [-0.25, -0.2) is 0 Å². The number of amides is 1. The lowest BCUT2D eigenvalue weighted by molar-refractivity contribution is 0.0950. The average molecular weight is 314 g/mol. The van der Waals surface area contributed by atoms with Crippen LogP contribution in [0.4, 0.5) is 0 Å². The second-order valence-corrected chi connectivity index (χ2v) is 4.18. The molecular formula is C11H15Cl3N2O2. The molecule has 0 saturated heterocycles. The predicted octanol–water partition coefficient (Wildman–Crippen LogP) is 2.50. The molecule has 1 aromatic rings. The molecule has 0 bridgehead atoms. The fourth-order valence-electron chi connectivity index (χ4n) is 1.27. The van der Waals surface area contributed by atoms with E-state index in [1.54, 1.807) is 0 Å². The van der Waals surface area contributed by atoms with Gasteiger partial charge in [0.2, 0.25) is 0 Å². The molecule has 7 heteroatoms. The smallest absolute Gasteiger partial charge is 0.255 e. The average Bonchev–Trinajstić information content (AvgIpc) is 2.32. The SMILES string of the molecule is COc1cc(Cl)c(Cl)cc1C(=O)NCCCN.Cl. The predicted molar refractivity (Wildman–Crippen MR) is 76.3 cm³/mol. The molecule has 18 heavy (non-hydrogen) atoms. The Balaban J connectivity index is 0.00000289. The molecule has 0 saturated carbocycles. The maximum atomic E-state index is 11.8. The molecule has 0 atom stereocenters. The molecule has 102 valence electrons. The third-order valence-electron chi connectivity index (χ3n) is 2.15. The number of nitrogens with one attached hydrogen (secondary N) is 1. The van der Waals surface area contributed by atoms with E-state index < -0.39 is 0 Å². The lowest BCUT2D eigenvalue weighted by Gasteiger charge is -2.10. The molecular weight excluding hydrogens is 298 g/mol. The Morgan fingerprint density at radius 3 is 2.56 bits per heavy atom. The van der Waals surface area contributed by atoms with E-state index in [4.69, 9.17) is 33.7 Å². The summed E-state index contributed by atoms with van der Waals surface area (Å²) >= 11 is 11.7. The first-order chi connectivity index (χ1) is 8.10. The van der Waals surface area contributed by atoms with Gasteiger partial charge in [-0.1, -0.05) is 23.2 Å². The van der Waals surface area contributed by atoms with Crippen molar-refractivity contribution in [2.24, 2.45) is 5.73 Å². The number of hydrogen-bond donors (Lipinski definition) is 2. The molecule has 1 rings (SSSR count). The van der Waals surface area contributed by atoms with Crippen LogP contribution >= 0.6 is 35.6 Å². The minimum absolute atomic E-state index is 0. The van der Waals surface area contributed by atoms with Crippen molar-refractivity contribution in [1.29, 1.82) is 0 Å². The summed E-state index contributed by atoms with van der Waals surface area (Å²) < 4.78 is 5.08. The van der Waals surface area contributed by atoms with Gasteiger partial charge in [-0.3, -0.25) is 4.79 Å². The Labute approximate surface area is 122 Å². The zero-order chi connectivity index (χ0) is 12.8. The molecule has 4 nitrogen and oxygen atoms in total. The van der Waals surface area contributed by atoms with Gasteiger partial charge in [0.1, 0.15) is 5.75 Å². The molecule has 0 aliphatic rings. The largest absolute Gasteiger partial charge is 0.496 e. The van der Waals surface area contributed by atoms with Gasteiger partial charge in [-0.15, -0.1) is 12.4 Å². The molecule has 1 amide bonds. The first-order valence-corrected chi connectivity index (χ1v) is 5.87. The number of halogens is 3. The number of nitrogens with two attached hydrogens (primary N) is 1. The van der Waals surface area contributed by atoms with E-state index in [2.05, 4.69) is 5.32 Å². The summed E-state index contributed by atoms with van der Waals surface area (Å²) in [5.74, 6) is 0.138. The Morgan fingerprint density at radius 2 is 2.00 bits per heavy atom. The molecule has 3 N–H and O–H groups in total. The van der Waals surface area contributed by atoms with Crippen LogP contribution in [0.2, 0.25) is 10.0 Å². The Morgan fingerprint density at radius 1 is 1.39 bits per heavy atom. The highest BCUT2D eigenvalue weighted by molar-refractivity contribution is 6.42. The fourth-order valence-corrected chi connectivity index (χ4v) is 1.59. The highest BCUT2D eigenvalue weighted by atomic mass is 35.5. The summed E-state index contributed by atoms with van der Waals surface area (Å²) in [6.45, 7) is 1.04. The van der Waals surface area contributed by atoms with Crippen LogP contribution in [0, 0.1) is 0 Å². The van der Waals surface area contributed by atoms with Crippen molar-refractivity contribution in [2.75, 3.05) is 20.2 Å². The maximum Gasteiger partial charge on any atom is 0.255 e. The highest BCUT2D eigenvalue weighted by Gasteiger charge is 2.14. The van der Waals surface area contributed by atoms with Gasteiger partial charge in [0.15, 0.2) is 0 Å². The standard InChI is InChI=1S/C11H14Cl2N2O2.ClH/c1-17-10-6-9(13)8(12)5-7(10)11(16)15-4-2-3-14;/h5-6H,2-4,14H2,1H3,(H,15,16);1H. The van der Waals surface area contributed by atoms with Gasteiger partial charge >= 0.3 is 0 Å². The number of carbonyl (C=O) groups excluding carboxylic acids is 1. The number of benzene rings is 1. The number of hydrogen-bond acceptors (Lipinski definition) is 3. The molecule has 0 aliphatic heterocycles. The molecule has 0 spiro atoms. The lowest BCUT2D eigenvalue weighted by Crippen LogP contribution is -2.26. The van der Waals surface area contributed by atoms with E-state index in [-0.39, 0.29) is 18.3 Å². The van der Waals surface area contributed by atoms with E-state index in [1.165, 1.54) is 19.2 Å². The van der Waals surface area contributed by atoms with E-state index in [0.717, 1.165) is 6.42 Å². The molecule has 0 unspecified atom stereocenters. The maximum absolute atomic E-state index is 11.8. The van der Waals surface area contributed by atoms with Crippen molar-refractivity contribution in [1.82, 2.24) is 5.32 Å². The third-order valence-corrected chi connectivity index (χ3v) is 2.88. The normalized spacial score (nSPS) is 9.56. The van der Waals surface area contributed by atoms with Gasteiger partial charge < -0.3 is 15.8 Å². The molecule has 0 aromatic heterocycles. The summed E-state index contributed by atoms with van der Waals surface area (Å²) in [6.07, 6.45) is 0.718. The number of carbonyl (C=O) groups is 1. The van der Waals surface area contributed by atoms with Crippen LogP contribution in [-0.4, -0.2) is 26.1 Å². The number of ether oxygens (including phenoxy) is 1. The summed E-state index contributed by atoms with van der Waals surface area (Å²) in [7, 11) is 1.47. The van der Waals surface area contributed by atoms with E-state index in [0.29, 0.717) is 34.4 Å². The second-order valence-electron chi connectivity index (χ2n) is 3.36. The van der Waals surface area contributed by atoms with Crippen LogP contribution in [0.3, 0.4) is 0 Å². The van der Waals surface area contributed by atoms with E-state index >= 15 is 0 Å². The van der Waals surface area contributed by atoms with Crippen molar-refractivity contribution in [2.45, 2.75) is 6.42 Å². The topological polar surface area (TPSA) is 64.3 Å². The molecule has 0 fully saturated rings. The summed E-state index contributed by atoms with van der Waals surface area (Å²) in [6, 6.07) is 3.00. The Bertz CT molecular complexity index is 414. The fraction of sp³-hybridized carbons (Fsp3) is 0.364. The van der Waals surface area contributed by atoms with Gasteiger partial charge in [-0.05, 0) is 19.0 Å². The quantitative estimate of drug-likeness (QED) is 0.821. The van der Waals surface area contributed by atoms with Gasteiger partial charge in [0, 0.05) is 12.6 Å². The number of methoxy groups -OCH3 is 1. The molecule has 0 heterocycles. The van der Waals surface area contributed by atoms with Crippen molar-refractivity contribution < 1.29 is 9.53 Å². The Hall–Kier alpha value is -0.680. The summed E-state index contributed by atoms with van der Waals surface area (Å²) in [5, 5.41) is 3.39. The van der Waals surface area contributed by atoms with E-state index in [9.17, 15) is 4.79 Å². The molecule has 0 aliphatic carbocycles. The first-order valence-electron chi connectivity index (χ1n) is 5.11. The third kappa shape index (κ3) is 4.53. The lowest BCUT2D eigenvalue weighted by atomic mass is 10.2. The monoisotopic (exact) mass is 312 g/mol. The van der Waals surface area contributed by atoms with Crippen molar-refractivity contribution in [3.05, 3.63) is 27.7 Å². The van der Waals surface area contributed by atoms with Crippen molar-refractivity contribution in [3.8, 4) is 5.75 Å². The Kier molecular flexibility index (Phi) is 8.11. The molecule has 0 radical (unpaired) electrons. The first kappa shape index (κ1) is 17.3.